The summed E-state index contributed by atoms with van der Waals surface area (Å²) in [4.78, 5) is 29.6. The number of aromatic nitrogens is 2. The first kappa shape index (κ1) is 17.1. The van der Waals surface area contributed by atoms with Crippen molar-refractivity contribution in [3.63, 3.8) is 0 Å². The number of carbonyl (C=O) groups excluding carboxylic acids is 1. The summed E-state index contributed by atoms with van der Waals surface area (Å²) in [6.07, 6.45) is -2.35. The van der Waals surface area contributed by atoms with Crippen LogP contribution in [0.2, 0.25) is 0 Å². The molecule has 0 aliphatic heterocycles. The van der Waals surface area contributed by atoms with E-state index in [4.69, 9.17) is 0 Å². The Kier molecular flexibility index (Phi) is 4.07. The highest BCUT2D eigenvalue weighted by atomic mass is 32.1. The average Bonchev–Trinajstić information content (AvgIpc) is 2.90. The molecule has 10 heteroatoms. The molecule has 2 heterocycles. The number of nitrogens with one attached hydrogen (secondary N) is 1. The van der Waals surface area contributed by atoms with E-state index in [1.54, 1.807) is 6.92 Å². The van der Waals surface area contributed by atoms with Crippen molar-refractivity contribution in [2.75, 3.05) is 5.32 Å². The Balaban J connectivity index is 1.95. The molecule has 0 fully saturated rings. The van der Waals surface area contributed by atoms with E-state index in [2.05, 4.69) is 10.3 Å². The van der Waals surface area contributed by atoms with Gasteiger partial charge in [-0.05, 0) is 25.1 Å². The number of amides is 1. The third-order valence-corrected chi connectivity index (χ3v) is 4.21. The standard InChI is InChI=1S/C15H9F4N3O2S/c1-7-6-22-13(24)9(5-20-14(22)25-7)12(23)21-8-2-3-11(16)10(4-8)15(17,18)19/h2-6H,1H3,(H,21,23). The highest BCUT2D eigenvalue weighted by molar-refractivity contribution is 7.16. The molecule has 3 aromatic rings. The molecular formula is C15H9F4N3O2S. The normalized spacial score (nSPS) is 11.7. The Bertz CT molecular complexity index is 1040. The number of thiazole rings is 1. The summed E-state index contributed by atoms with van der Waals surface area (Å²) >= 11 is 1.25. The first-order valence-corrected chi connectivity index (χ1v) is 7.64. The fraction of sp³-hybridized carbons (Fsp3) is 0.133. The molecular weight excluding hydrogens is 362 g/mol. The van der Waals surface area contributed by atoms with Crippen LogP contribution >= 0.6 is 11.3 Å². The van der Waals surface area contributed by atoms with Gasteiger partial charge in [-0.15, -0.1) is 11.3 Å². The number of hydrogen-bond donors (Lipinski definition) is 1. The monoisotopic (exact) mass is 371 g/mol. The van der Waals surface area contributed by atoms with Gasteiger partial charge in [-0.2, -0.15) is 13.2 Å². The van der Waals surface area contributed by atoms with Gasteiger partial charge < -0.3 is 5.32 Å². The summed E-state index contributed by atoms with van der Waals surface area (Å²) in [5.41, 5.74) is -2.79. The molecule has 1 amide bonds. The molecule has 0 bridgehead atoms. The Labute approximate surface area is 141 Å². The molecule has 25 heavy (non-hydrogen) atoms. The van der Waals surface area contributed by atoms with Crippen LogP contribution in [0.4, 0.5) is 23.2 Å². The van der Waals surface area contributed by atoms with Crippen LogP contribution in [0, 0.1) is 12.7 Å². The number of halogens is 4. The average molecular weight is 371 g/mol. The number of rotatable bonds is 2. The lowest BCUT2D eigenvalue weighted by Crippen LogP contribution is -2.26. The van der Waals surface area contributed by atoms with Crippen LogP contribution in [0.25, 0.3) is 4.96 Å². The number of nitrogens with zero attached hydrogens (tertiary/aromatic N) is 2. The maximum absolute atomic E-state index is 13.3. The van der Waals surface area contributed by atoms with Gasteiger partial charge in [0.15, 0.2) is 4.96 Å². The Hall–Kier alpha value is -2.75. The summed E-state index contributed by atoms with van der Waals surface area (Å²) in [5.74, 6) is -2.39. The zero-order valence-corrected chi connectivity index (χ0v) is 13.3. The maximum Gasteiger partial charge on any atom is 0.419 e. The Morgan fingerprint density at radius 2 is 2.04 bits per heavy atom. The minimum Gasteiger partial charge on any atom is -0.322 e. The fourth-order valence-corrected chi connectivity index (χ4v) is 2.96. The van der Waals surface area contributed by atoms with Crippen molar-refractivity contribution in [1.82, 2.24) is 9.38 Å². The lowest BCUT2D eigenvalue weighted by Gasteiger charge is -2.11. The van der Waals surface area contributed by atoms with E-state index in [1.807, 2.05) is 0 Å². The van der Waals surface area contributed by atoms with E-state index in [0.29, 0.717) is 17.1 Å². The van der Waals surface area contributed by atoms with Crippen molar-refractivity contribution in [1.29, 1.82) is 0 Å². The van der Waals surface area contributed by atoms with Crippen molar-refractivity contribution in [3.8, 4) is 0 Å². The van der Waals surface area contributed by atoms with Crippen LogP contribution in [-0.2, 0) is 6.18 Å². The molecule has 3 rings (SSSR count). The molecule has 0 aliphatic carbocycles. The van der Waals surface area contributed by atoms with Crippen molar-refractivity contribution in [3.05, 3.63) is 62.8 Å². The van der Waals surface area contributed by atoms with Gasteiger partial charge in [-0.1, -0.05) is 0 Å². The lowest BCUT2D eigenvalue weighted by atomic mass is 10.1. The smallest absolute Gasteiger partial charge is 0.322 e. The van der Waals surface area contributed by atoms with E-state index in [0.717, 1.165) is 17.1 Å². The lowest BCUT2D eigenvalue weighted by molar-refractivity contribution is -0.139. The molecule has 1 N–H and O–H groups in total. The van der Waals surface area contributed by atoms with Crippen LogP contribution in [0.1, 0.15) is 20.8 Å². The third-order valence-electron chi connectivity index (χ3n) is 3.30. The van der Waals surface area contributed by atoms with Crippen molar-refractivity contribution in [2.45, 2.75) is 13.1 Å². The summed E-state index contributed by atoms with van der Waals surface area (Å²) in [6, 6.07) is 2.03. The zero-order valence-electron chi connectivity index (χ0n) is 12.5. The predicted octanol–water partition coefficient (Wildman–Crippen LogP) is 3.47. The second-order valence-electron chi connectivity index (χ2n) is 5.12. The van der Waals surface area contributed by atoms with Gasteiger partial charge in [0, 0.05) is 23.0 Å². The van der Waals surface area contributed by atoms with Gasteiger partial charge in [0.1, 0.15) is 11.4 Å². The predicted molar refractivity (Wildman–Crippen MR) is 83.4 cm³/mol. The molecule has 0 radical (unpaired) electrons. The molecule has 1 aromatic carbocycles. The minimum absolute atomic E-state index is 0.287. The van der Waals surface area contributed by atoms with Crippen LogP contribution in [0.3, 0.4) is 0 Å². The third kappa shape index (κ3) is 3.25. The van der Waals surface area contributed by atoms with Crippen LogP contribution in [0.15, 0.2) is 35.4 Å². The molecule has 0 saturated heterocycles. The minimum atomic E-state index is -4.90. The van der Waals surface area contributed by atoms with E-state index in [9.17, 15) is 27.2 Å². The molecule has 0 atom stereocenters. The fourth-order valence-electron chi connectivity index (χ4n) is 2.17. The van der Waals surface area contributed by atoms with Gasteiger partial charge >= 0.3 is 6.18 Å². The van der Waals surface area contributed by atoms with Crippen LogP contribution in [-0.4, -0.2) is 15.3 Å². The van der Waals surface area contributed by atoms with Crippen molar-refractivity contribution in [2.24, 2.45) is 0 Å². The maximum atomic E-state index is 13.3. The topological polar surface area (TPSA) is 63.5 Å². The van der Waals surface area contributed by atoms with Gasteiger partial charge in [0.25, 0.3) is 11.5 Å². The number of alkyl halides is 3. The SMILES string of the molecule is Cc1cn2c(=O)c(C(=O)Nc3ccc(F)c(C(F)(F)F)c3)cnc2s1. The van der Waals surface area contributed by atoms with Gasteiger partial charge in [0.2, 0.25) is 0 Å². The second kappa shape index (κ2) is 5.96. The number of benzene rings is 1. The van der Waals surface area contributed by atoms with Crippen LogP contribution in [0.5, 0.6) is 0 Å². The second-order valence-corrected chi connectivity index (χ2v) is 6.33. The van der Waals surface area contributed by atoms with Crippen LogP contribution < -0.4 is 10.9 Å². The molecule has 5 nitrogen and oxygen atoms in total. The number of aryl methyl sites for hydroxylation is 1. The Morgan fingerprint density at radius 1 is 1.32 bits per heavy atom. The summed E-state index contributed by atoms with van der Waals surface area (Å²) in [7, 11) is 0. The highest BCUT2D eigenvalue weighted by Crippen LogP contribution is 2.33. The van der Waals surface area contributed by atoms with E-state index < -0.39 is 29.0 Å². The summed E-state index contributed by atoms with van der Waals surface area (Å²) < 4.78 is 52.6. The zero-order chi connectivity index (χ0) is 18.4. The highest BCUT2D eigenvalue weighted by Gasteiger charge is 2.34. The molecule has 0 aliphatic rings. The number of fused-ring (bicyclic) bond motifs is 1. The van der Waals surface area contributed by atoms with Gasteiger partial charge in [-0.25, -0.2) is 9.37 Å². The molecule has 0 spiro atoms. The summed E-state index contributed by atoms with van der Waals surface area (Å²) in [5, 5.41) is 2.15. The molecule has 0 saturated carbocycles. The van der Waals surface area contributed by atoms with Crippen molar-refractivity contribution >= 4 is 27.9 Å². The number of carbonyl (C=O) groups is 1. The largest absolute Gasteiger partial charge is 0.419 e. The molecule has 0 unspecified atom stereocenters. The van der Waals surface area contributed by atoms with E-state index >= 15 is 0 Å². The first-order valence-electron chi connectivity index (χ1n) is 6.83. The number of hydrogen-bond acceptors (Lipinski definition) is 4. The first-order chi connectivity index (χ1) is 11.7. The quantitative estimate of drug-likeness (QED) is 0.702. The van der Waals surface area contributed by atoms with E-state index in [-0.39, 0.29) is 11.3 Å². The molecule has 2 aromatic heterocycles. The molecule has 130 valence electrons. The summed E-state index contributed by atoms with van der Waals surface area (Å²) in [6.45, 7) is 1.76. The van der Waals surface area contributed by atoms with Gasteiger partial charge in [0.05, 0.1) is 5.56 Å². The Morgan fingerprint density at radius 3 is 2.72 bits per heavy atom. The van der Waals surface area contributed by atoms with Crippen molar-refractivity contribution < 1.29 is 22.4 Å². The van der Waals surface area contributed by atoms with Gasteiger partial charge in [-0.3, -0.25) is 14.0 Å². The number of anilines is 1. The van der Waals surface area contributed by atoms with E-state index in [1.165, 1.54) is 21.9 Å².